The maximum Gasteiger partial charge on any atom is 0.326 e. The Morgan fingerprint density at radius 2 is 1.80 bits per heavy atom. The second kappa shape index (κ2) is 8.69. The number of aliphatic imine (C=N–C) groups is 1. The summed E-state index contributed by atoms with van der Waals surface area (Å²) < 4.78 is 0. The van der Waals surface area contributed by atoms with Crippen LogP contribution < -0.4 is 28.3 Å². The fraction of sp³-hybridized carbons (Fsp3) is 0.600. The summed E-state index contributed by atoms with van der Waals surface area (Å²) in [5, 5.41) is 11.2. The van der Waals surface area contributed by atoms with Crippen LogP contribution in [0.1, 0.15) is 19.3 Å². The second-order valence-corrected chi connectivity index (χ2v) is 4.13. The largest absolute Gasteiger partial charge is 0.480 e. The smallest absolute Gasteiger partial charge is 0.326 e. The molecule has 0 aliphatic carbocycles. The summed E-state index contributed by atoms with van der Waals surface area (Å²) in [6, 6.07) is -2.30. The molecule has 10 heteroatoms. The number of carbonyl (C=O) groups excluding carboxylic acids is 2. The maximum absolute atomic E-state index is 11.6. The van der Waals surface area contributed by atoms with Gasteiger partial charge in [0, 0.05) is 6.54 Å². The number of hydrogen-bond acceptors (Lipinski definition) is 5. The Bertz CT molecular complexity index is 393. The number of guanidine groups is 1. The van der Waals surface area contributed by atoms with Gasteiger partial charge in [-0.3, -0.25) is 14.6 Å². The van der Waals surface area contributed by atoms with Crippen molar-refractivity contribution in [1.29, 1.82) is 0 Å². The molecule has 10 nitrogen and oxygen atoms in total. The number of amides is 2. The molecule has 114 valence electrons. The second-order valence-electron chi connectivity index (χ2n) is 4.13. The summed E-state index contributed by atoms with van der Waals surface area (Å²) in [7, 11) is 0. The first-order valence-corrected chi connectivity index (χ1v) is 5.86. The topological polar surface area (TPSA) is 200 Å². The molecule has 0 aromatic heterocycles. The number of primary amides is 1. The summed E-state index contributed by atoms with van der Waals surface area (Å²) in [4.78, 5) is 36.8. The third-order valence-electron chi connectivity index (χ3n) is 2.32. The first kappa shape index (κ1) is 17.6. The first-order chi connectivity index (χ1) is 9.23. The van der Waals surface area contributed by atoms with Gasteiger partial charge in [-0.25, -0.2) is 4.79 Å². The van der Waals surface area contributed by atoms with Gasteiger partial charge in [0.2, 0.25) is 11.8 Å². The number of rotatable bonds is 9. The third-order valence-corrected chi connectivity index (χ3v) is 2.32. The number of nitrogens with two attached hydrogens (primary N) is 4. The average Bonchev–Trinajstić information content (AvgIpc) is 2.31. The van der Waals surface area contributed by atoms with E-state index < -0.39 is 29.9 Å². The van der Waals surface area contributed by atoms with E-state index in [0.29, 0.717) is 6.42 Å². The molecule has 0 aliphatic heterocycles. The van der Waals surface area contributed by atoms with Crippen LogP contribution in [0.4, 0.5) is 0 Å². The molecular formula is C10H20N6O4. The molecule has 2 atom stereocenters. The van der Waals surface area contributed by atoms with E-state index in [0.717, 1.165) is 0 Å². The van der Waals surface area contributed by atoms with Gasteiger partial charge in [0.25, 0.3) is 0 Å². The standard InChI is InChI=1S/C10H20N6O4/c11-5(4-7(12)17)8(18)16-6(9(19)20)2-1-3-15-10(13)14/h5-6H,1-4,11H2,(H2,12,17)(H,16,18)(H,19,20)(H4,13,14,15). The van der Waals surface area contributed by atoms with Crippen molar-refractivity contribution >= 4 is 23.7 Å². The van der Waals surface area contributed by atoms with E-state index in [2.05, 4.69) is 10.3 Å². The Morgan fingerprint density at radius 3 is 2.25 bits per heavy atom. The lowest BCUT2D eigenvalue weighted by Gasteiger charge is -2.16. The molecule has 0 spiro atoms. The van der Waals surface area contributed by atoms with Crippen LogP contribution in [0.15, 0.2) is 4.99 Å². The van der Waals surface area contributed by atoms with Crippen molar-refractivity contribution < 1.29 is 19.5 Å². The quantitative estimate of drug-likeness (QED) is 0.146. The highest BCUT2D eigenvalue weighted by atomic mass is 16.4. The predicted molar refractivity (Wildman–Crippen MR) is 71.3 cm³/mol. The Kier molecular flexibility index (Phi) is 7.67. The maximum atomic E-state index is 11.6. The van der Waals surface area contributed by atoms with Gasteiger partial charge in [0.1, 0.15) is 6.04 Å². The zero-order valence-electron chi connectivity index (χ0n) is 10.9. The van der Waals surface area contributed by atoms with Crippen LogP contribution in [0.25, 0.3) is 0 Å². The Balaban J connectivity index is 4.33. The summed E-state index contributed by atoms with van der Waals surface area (Å²) in [5.74, 6) is -2.80. The van der Waals surface area contributed by atoms with Crippen LogP contribution in [-0.2, 0) is 14.4 Å². The van der Waals surface area contributed by atoms with Crippen LogP contribution >= 0.6 is 0 Å². The Morgan fingerprint density at radius 1 is 1.20 bits per heavy atom. The summed E-state index contributed by atoms with van der Waals surface area (Å²) in [5.41, 5.74) is 20.5. The van der Waals surface area contributed by atoms with E-state index >= 15 is 0 Å². The normalized spacial score (nSPS) is 13.1. The lowest BCUT2D eigenvalue weighted by molar-refractivity contribution is -0.142. The number of nitrogens with zero attached hydrogens (tertiary/aromatic N) is 1. The van der Waals surface area contributed by atoms with Crippen LogP contribution in [0.5, 0.6) is 0 Å². The van der Waals surface area contributed by atoms with E-state index in [-0.39, 0.29) is 25.3 Å². The minimum atomic E-state index is -1.21. The molecule has 0 bridgehead atoms. The summed E-state index contributed by atoms with van der Waals surface area (Å²) in [6.45, 7) is 0.245. The van der Waals surface area contributed by atoms with Gasteiger partial charge >= 0.3 is 5.97 Å². The molecule has 2 unspecified atom stereocenters. The van der Waals surface area contributed by atoms with Crippen molar-refractivity contribution in [2.24, 2.45) is 27.9 Å². The van der Waals surface area contributed by atoms with Gasteiger partial charge in [0.05, 0.1) is 12.5 Å². The van der Waals surface area contributed by atoms with Gasteiger partial charge in [0.15, 0.2) is 5.96 Å². The van der Waals surface area contributed by atoms with E-state index in [9.17, 15) is 14.4 Å². The van der Waals surface area contributed by atoms with Gasteiger partial charge < -0.3 is 33.4 Å². The minimum absolute atomic E-state index is 0.0932. The molecule has 0 rings (SSSR count). The molecule has 0 saturated heterocycles. The van der Waals surface area contributed by atoms with Gasteiger partial charge in [-0.05, 0) is 12.8 Å². The number of hydrogen-bond donors (Lipinski definition) is 6. The van der Waals surface area contributed by atoms with E-state index in [1.807, 2.05) is 0 Å². The van der Waals surface area contributed by atoms with Crippen molar-refractivity contribution in [3.63, 3.8) is 0 Å². The number of nitrogens with one attached hydrogen (secondary N) is 1. The lowest BCUT2D eigenvalue weighted by Crippen LogP contribution is -2.49. The number of carboxylic acid groups (broad SMARTS) is 1. The van der Waals surface area contributed by atoms with E-state index in [4.69, 9.17) is 28.0 Å². The third kappa shape index (κ3) is 7.87. The first-order valence-electron chi connectivity index (χ1n) is 5.86. The van der Waals surface area contributed by atoms with Gasteiger partial charge in [-0.2, -0.15) is 0 Å². The van der Waals surface area contributed by atoms with Crippen LogP contribution in [-0.4, -0.2) is 47.5 Å². The molecule has 0 saturated carbocycles. The Hall–Kier alpha value is -2.36. The molecule has 20 heavy (non-hydrogen) atoms. The molecule has 0 aliphatic rings. The average molecular weight is 288 g/mol. The fourth-order valence-corrected chi connectivity index (χ4v) is 1.35. The molecule has 0 aromatic carbocycles. The highest BCUT2D eigenvalue weighted by Crippen LogP contribution is 2.00. The number of carboxylic acids is 1. The highest BCUT2D eigenvalue weighted by molar-refractivity contribution is 5.90. The molecule has 10 N–H and O–H groups in total. The van der Waals surface area contributed by atoms with Crippen LogP contribution in [0, 0.1) is 0 Å². The lowest BCUT2D eigenvalue weighted by atomic mass is 10.1. The SMILES string of the molecule is NC(=O)CC(N)C(=O)NC(CCCN=C(N)N)C(=O)O. The van der Waals surface area contributed by atoms with Crippen molar-refractivity contribution in [3.05, 3.63) is 0 Å². The van der Waals surface area contributed by atoms with Crippen molar-refractivity contribution in [3.8, 4) is 0 Å². The van der Waals surface area contributed by atoms with Gasteiger partial charge in [-0.15, -0.1) is 0 Å². The van der Waals surface area contributed by atoms with Crippen LogP contribution in [0.3, 0.4) is 0 Å². The predicted octanol–water partition coefficient (Wildman–Crippen LogP) is -3.19. The number of aliphatic carboxylic acids is 1. The highest BCUT2D eigenvalue weighted by Gasteiger charge is 2.23. The Labute approximate surface area is 115 Å². The number of carbonyl (C=O) groups is 3. The molecule has 0 fully saturated rings. The molecule has 0 heterocycles. The van der Waals surface area contributed by atoms with Crippen molar-refractivity contribution in [2.75, 3.05) is 6.54 Å². The zero-order valence-corrected chi connectivity index (χ0v) is 10.9. The molecule has 0 aromatic rings. The van der Waals surface area contributed by atoms with E-state index in [1.54, 1.807) is 0 Å². The van der Waals surface area contributed by atoms with Gasteiger partial charge in [-0.1, -0.05) is 0 Å². The summed E-state index contributed by atoms with van der Waals surface area (Å²) >= 11 is 0. The van der Waals surface area contributed by atoms with Crippen LogP contribution in [0.2, 0.25) is 0 Å². The zero-order chi connectivity index (χ0) is 15.7. The fourth-order valence-electron chi connectivity index (χ4n) is 1.35. The van der Waals surface area contributed by atoms with Crippen molar-refractivity contribution in [2.45, 2.75) is 31.3 Å². The van der Waals surface area contributed by atoms with Crippen molar-refractivity contribution in [1.82, 2.24) is 5.32 Å². The van der Waals surface area contributed by atoms with E-state index in [1.165, 1.54) is 0 Å². The molecular weight excluding hydrogens is 268 g/mol. The summed E-state index contributed by atoms with van der Waals surface area (Å²) in [6.07, 6.45) is 0.132. The monoisotopic (exact) mass is 288 g/mol. The minimum Gasteiger partial charge on any atom is -0.480 e. The molecule has 2 amide bonds. The molecule has 0 radical (unpaired) electrons.